The van der Waals surface area contributed by atoms with Crippen LogP contribution in [-0.4, -0.2) is 67.5 Å². The Balaban J connectivity index is 1.68. The third kappa shape index (κ3) is 5.21. The van der Waals surface area contributed by atoms with Crippen molar-refractivity contribution in [2.75, 3.05) is 26.7 Å². The highest BCUT2D eigenvalue weighted by Gasteiger charge is 2.39. The molecule has 1 amide bonds. The standard InChI is InChI=1S/C25H34N2O5S/c1-17-14-27(18(2)16-28)33(30,31)24-12-11-20(10-9-19-7-8-19)13-22(24)32-23(17)15-26(3)25(29)21-5-4-6-21/h11-13,17-19,21,23,28H,4-8,14-16H2,1-3H3/t17-,18+,23-/m0/s1. The van der Waals surface area contributed by atoms with Crippen LogP contribution in [0.3, 0.4) is 0 Å². The molecule has 1 aromatic rings. The van der Waals surface area contributed by atoms with Crippen LogP contribution in [0.15, 0.2) is 23.1 Å². The summed E-state index contributed by atoms with van der Waals surface area (Å²) in [5.74, 6) is 7.04. The zero-order valence-corrected chi connectivity index (χ0v) is 20.5. The van der Waals surface area contributed by atoms with Gasteiger partial charge in [-0.25, -0.2) is 8.42 Å². The van der Waals surface area contributed by atoms with Crippen molar-refractivity contribution in [2.24, 2.45) is 17.8 Å². The number of rotatable bonds is 5. The van der Waals surface area contributed by atoms with Crippen LogP contribution in [0.25, 0.3) is 0 Å². The first-order valence-electron chi connectivity index (χ1n) is 11.9. The van der Waals surface area contributed by atoms with Crippen molar-refractivity contribution < 1.29 is 23.1 Å². The molecule has 1 N–H and O–H groups in total. The van der Waals surface area contributed by atoms with Gasteiger partial charge in [0.2, 0.25) is 15.9 Å². The Morgan fingerprint density at radius 2 is 2.03 bits per heavy atom. The lowest BCUT2D eigenvalue weighted by Crippen LogP contribution is -2.50. The second-order valence-corrected chi connectivity index (χ2v) is 11.7. The van der Waals surface area contributed by atoms with Gasteiger partial charge < -0.3 is 14.7 Å². The van der Waals surface area contributed by atoms with Crippen molar-refractivity contribution in [3.05, 3.63) is 23.8 Å². The number of ether oxygens (including phenoxy) is 1. The summed E-state index contributed by atoms with van der Waals surface area (Å²) in [7, 11) is -2.09. The van der Waals surface area contributed by atoms with E-state index in [1.54, 1.807) is 37.1 Å². The number of aliphatic hydroxyl groups excluding tert-OH is 1. The summed E-state index contributed by atoms with van der Waals surface area (Å²) in [6.07, 6.45) is 4.76. The lowest BCUT2D eigenvalue weighted by atomic mass is 9.84. The molecule has 0 saturated heterocycles. The number of benzene rings is 1. The summed E-state index contributed by atoms with van der Waals surface area (Å²) < 4.78 is 34.7. The van der Waals surface area contributed by atoms with Crippen molar-refractivity contribution in [2.45, 2.75) is 63.0 Å². The van der Waals surface area contributed by atoms with Crippen molar-refractivity contribution in [3.63, 3.8) is 0 Å². The highest BCUT2D eigenvalue weighted by atomic mass is 32.2. The summed E-state index contributed by atoms with van der Waals surface area (Å²) in [6, 6.07) is 4.38. The van der Waals surface area contributed by atoms with E-state index in [0.717, 1.165) is 32.1 Å². The van der Waals surface area contributed by atoms with E-state index >= 15 is 0 Å². The Hall–Kier alpha value is -2.08. The maximum absolute atomic E-state index is 13.5. The van der Waals surface area contributed by atoms with Crippen LogP contribution in [0.1, 0.15) is 51.5 Å². The van der Waals surface area contributed by atoms with Crippen molar-refractivity contribution in [1.82, 2.24) is 9.21 Å². The molecule has 180 valence electrons. The molecule has 2 saturated carbocycles. The Kier molecular flexibility index (Phi) is 7.04. The zero-order valence-electron chi connectivity index (χ0n) is 19.7. The maximum Gasteiger partial charge on any atom is 0.247 e. The normalized spacial score (nSPS) is 25.8. The summed E-state index contributed by atoms with van der Waals surface area (Å²) >= 11 is 0. The van der Waals surface area contributed by atoms with E-state index in [2.05, 4.69) is 11.8 Å². The molecule has 1 aromatic carbocycles. The number of fused-ring (bicyclic) bond motifs is 1. The first-order chi connectivity index (χ1) is 15.7. The van der Waals surface area contributed by atoms with Crippen LogP contribution in [0.5, 0.6) is 5.75 Å². The predicted octanol–water partition coefficient (Wildman–Crippen LogP) is 2.48. The first kappa shape index (κ1) is 24.1. The molecule has 3 aliphatic rings. The molecule has 1 heterocycles. The molecule has 7 nitrogen and oxygen atoms in total. The van der Waals surface area contributed by atoms with E-state index in [-0.39, 0.29) is 41.5 Å². The summed E-state index contributed by atoms with van der Waals surface area (Å²) in [5.41, 5.74) is 0.712. The van der Waals surface area contributed by atoms with Gasteiger partial charge in [0.15, 0.2) is 0 Å². The van der Waals surface area contributed by atoms with Crippen LogP contribution in [0.4, 0.5) is 0 Å². The second kappa shape index (κ2) is 9.65. The van der Waals surface area contributed by atoms with Gasteiger partial charge >= 0.3 is 0 Å². The van der Waals surface area contributed by atoms with Gasteiger partial charge in [-0.15, -0.1) is 0 Å². The van der Waals surface area contributed by atoms with Gasteiger partial charge in [0.1, 0.15) is 16.7 Å². The van der Waals surface area contributed by atoms with Gasteiger partial charge in [-0.2, -0.15) is 4.31 Å². The molecule has 1 aliphatic heterocycles. The van der Waals surface area contributed by atoms with Crippen LogP contribution in [-0.2, 0) is 14.8 Å². The Labute approximate surface area is 197 Å². The first-order valence-corrected chi connectivity index (χ1v) is 13.3. The van der Waals surface area contributed by atoms with Gasteiger partial charge in [-0.1, -0.05) is 25.2 Å². The number of aliphatic hydroxyl groups is 1. The Bertz CT molecular complexity index is 1050. The average Bonchev–Trinajstić information content (AvgIpc) is 3.57. The Morgan fingerprint density at radius 1 is 1.30 bits per heavy atom. The third-order valence-corrected chi connectivity index (χ3v) is 8.97. The summed E-state index contributed by atoms with van der Waals surface area (Å²) in [4.78, 5) is 14.5. The smallest absolute Gasteiger partial charge is 0.247 e. The highest BCUT2D eigenvalue weighted by Crippen LogP contribution is 2.35. The molecule has 2 aliphatic carbocycles. The quantitative estimate of drug-likeness (QED) is 0.663. The number of sulfonamides is 1. The predicted molar refractivity (Wildman–Crippen MR) is 125 cm³/mol. The topological polar surface area (TPSA) is 87.2 Å². The monoisotopic (exact) mass is 474 g/mol. The lowest BCUT2D eigenvalue weighted by Gasteiger charge is -2.38. The minimum Gasteiger partial charge on any atom is -0.487 e. The third-order valence-electron chi connectivity index (χ3n) is 6.95. The van der Waals surface area contributed by atoms with E-state index in [4.69, 9.17) is 4.74 Å². The molecule has 33 heavy (non-hydrogen) atoms. The van der Waals surface area contributed by atoms with E-state index in [0.29, 0.717) is 18.0 Å². The molecule has 3 atom stereocenters. The molecular formula is C25H34N2O5S. The number of likely N-dealkylation sites (N-methyl/N-ethyl adjacent to an activating group) is 1. The molecule has 2 fully saturated rings. The van der Waals surface area contributed by atoms with E-state index < -0.39 is 22.2 Å². The molecular weight excluding hydrogens is 440 g/mol. The molecule has 0 unspecified atom stereocenters. The number of hydrogen-bond acceptors (Lipinski definition) is 5. The average molecular weight is 475 g/mol. The SMILES string of the molecule is C[C@H](CO)N1C[C@H](C)[C@H](CN(C)C(=O)C2CCC2)Oc2cc(C#CC3CC3)ccc2S1(=O)=O. The van der Waals surface area contributed by atoms with Gasteiger partial charge in [0, 0.05) is 43.0 Å². The zero-order chi connectivity index (χ0) is 23.8. The lowest BCUT2D eigenvalue weighted by molar-refractivity contribution is -0.138. The van der Waals surface area contributed by atoms with Crippen LogP contribution in [0, 0.1) is 29.6 Å². The summed E-state index contributed by atoms with van der Waals surface area (Å²) in [6.45, 7) is 3.92. The minimum atomic E-state index is -3.88. The van der Waals surface area contributed by atoms with Crippen molar-refractivity contribution in [1.29, 1.82) is 0 Å². The number of carbonyl (C=O) groups excluding carboxylic acids is 1. The molecule has 4 rings (SSSR count). The molecule has 0 aromatic heterocycles. The highest BCUT2D eigenvalue weighted by molar-refractivity contribution is 7.89. The van der Waals surface area contributed by atoms with E-state index in [9.17, 15) is 18.3 Å². The minimum absolute atomic E-state index is 0.0737. The van der Waals surface area contributed by atoms with Crippen molar-refractivity contribution >= 4 is 15.9 Å². The van der Waals surface area contributed by atoms with Crippen LogP contribution in [0.2, 0.25) is 0 Å². The van der Waals surface area contributed by atoms with Crippen LogP contribution < -0.4 is 4.74 Å². The molecule has 0 spiro atoms. The van der Waals surface area contributed by atoms with E-state index in [1.165, 1.54) is 4.31 Å². The van der Waals surface area contributed by atoms with Gasteiger partial charge in [-0.05, 0) is 50.8 Å². The maximum atomic E-state index is 13.5. The number of hydrogen-bond donors (Lipinski definition) is 1. The van der Waals surface area contributed by atoms with Crippen LogP contribution >= 0.6 is 0 Å². The van der Waals surface area contributed by atoms with Gasteiger partial charge in [-0.3, -0.25) is 4.79 Å². The fourth-order valence-electron chi connectivity index (χ4n) is 4.26. The Morgan fingerprint density at radius 3 is 2.64 bits per heavy atom. The van der Waals surface area contributed by atoms with Gasteiger partial charge in [0.25, 0.3) is 0 Å². The van der Waals surface area contributed by atoms with Gasteiger partial charge in [0.05, 0.1) is 13.2 Å². The number of carbonyl (C=O) groups is 1. The largest absolute Gasteiger partial charge is 0.487 e. The summed E-state index contributed by atoms with van der Waals surface area (Å²) in [5, 5.41) is 9.76. The van der Waals surface area contributed by atoms with E-state index in [1.807, 2.05) is 6.92 Å². The number of amides is 1. The van der Waals surface area contributed by atoms with Crippen molar-refractivity contribution in [3.8, 4) is 17.6 Å². The molecule has 8 heteroatoms. The fourth-order valence-corrected chi connectivity index (χ4v) is 6.09. The number of nitrogens with zero attached hydrogens (tertiary/aromatic N) is 2. The molecule has 0 radical (unpaired) electrons. The fraction of sp³-hybridized carbons (Fsp3) is 0.640. The second-order valence-electron chi connectivity index (χ2n) is 9.79. The molecule has 0 bridgehead atoms.